The summed E-state index contributed by atoms with van der Waals surface area (Å²) in [6.07, 6.45) is 1.01. The van der Waals surface area contributed by atoms with Crippen molar-refractivity contribution in [2.75, 3.05) is 65.6 Å². The van der Waals surface area contributed by atoms with Gasteiger partial charge in [-0.05, 0) is 19.3 Å². The van der Waals surface area contributed by atoms with Crippen molar-refractivity contribution >= 4 is 29.9 Å². The number of guanidine groups is 1. The highest BCUT2D eigenvalue weighted by Gasteiger charge is 2.31. The van der Waals surface area contributed by atoms with Crippen LogP contribution >= 0.6 is 24.0 Å². The van der Waals surface area contributed by atoms with E-state index in [-0.39, 0.29) is 24.0 Å². The van der Waals surface area contributed by atoms with E-state index in [4.69, 9.17) is 9.73 Å². The monoisotopic (exact) mass is 453 g/mol. The minimum Gasteiger partial charge on any atom is -0.381 e. The second kappa shape index (κ2) is 12.3. The number of hydrogen-bond acceptors (Lipinski definition) is 4. The van der Waals surface area contributed by atoms with E-state index in [1.54, 1.807) is 0 Å². The molecule has 0 aromatic heterocycles. The summed E-state index contributed by atoms with van der Waals surface area (Å²) in [4.78, 5) is 9.94. The first-order valence-corrected chi connectivity index (χ1v) is 9.25. The predicted octanol–water partition coefficient (Wildman–Crippen LogP) is 1.22. The van der Waals surface area contributed by atoms with Crippen LogP contribution in [0.4, 0.5) is 0 Å². The van der Waals surface area contributed by atoms with E-state index in [1.807, 2.05) is 0 Å². The molecule has 0 amide bonds. The highest BCUT2D eigenvalue weighted by molar-refractivity contribution is 14.0. The molecule has 2 N–H and O–H groups in total. The van der Waals surface area contributed by atoms with Gasteiger partial charge in [0.05, 0.1) is 6.54 Å². The summed E-state index contributed by atoms with van der Waals surface area (Å²) in [6.45, 7) is 16.9. The fourth-order valence-corrected chi connectivity index (χ4v) is 3.14. The van der Waals surface area contributed by atoms with Gasteiger partial charge in [0, 0.05) is 65.1 Å². The smallest absolute Gasteiger partial charge is 0.191 e. The Morgan fingerprint density at radius 2 is 1.96 bits per heavy atom. The average molecular weight is 453 g/mol. The number of hydrogen-bond donors (Lipinski definition) is 2. The molecule has 6 nitrogen and oxygen atoms in total. The topological polar surface area (TPSA) is 52.1 Å². The van der Waals surface area contributed by atoms with E-state index in [0.29, 0.717) is 12.0 Å². The predicted molar refractivity (Wildman–Crippen MR) is 111 cm³/mol. The molecule has 0 aromatic rings. The van der Waals surface area contributed by atoms with Crippen molar-refractivity contribution in [3.05, 3.63) is 0 Å². The standard InChI is InChI=1S/C17H35N5O.HI/c1-4-18-17(19-6-5-11-23-14-15(2)3)20-12-16-13-21-7-9-22(16)10-8-21;/h15-16H,4-14H2,1-3H3,(H2,18,19,20);1H. The molecule has 1 unspecified atom stereocenters. The van der Waals surface area contributed by atoms with Crippen LogP contribution in [0.15, 0.2) is 4.99 Å². The van der Waals surface area contributed by atoms with Gasteiger partial charge < -0.3 is 15.4 Å². The number of nitrogens with one attached hydrogen (secondary N) is 2. The van der Waals surface area contributed by atoms with Crippen molar-refractivity contribution in [2.24, 2.45) is 10.9 Å². The summed E-state index contributed by atoms with van der Waals surface area (Å²) in [6, 6.07) is 0.585. The van der Waals surface area contributed by atoms with Gasteiger partial charge in [0.1, 0.15) is 0 Å². The molecule has 3 fully saturated rings. The van der Waals surface area contributed by atoms with Gasteiger partial charge in [-0.15, -0.1) is 24.0 Å². The number of fused-ring (bicyclic) bond motifs is 3. The third-order valence-electron chi connectivity index (χ3n) is 4.41. The Labute approximate surface area is 164 Å². The first kappa shape index (κ1) is 21.9. The van der Waals surface area contributed by atoms with E-state index >= 15 is 0 Å². The molecular formula is C17H36IN5O. The van der Waals surface area contributed by atoms with Crippen LogP contribution in [0, 0.1) is 5.92 Å². The zero-order chi connectivity index (χ0) is 16.5. The van der Waals surface area contributed by atoms with E-state index < -0.39 is 0 Å². The fraction of sp³-hybridized carbons (Fsp3) is 0.941. The summed E-state index contributed by atoms with van der Waals surface area (Å²) in [5, 5.41) is 6.76. The van der Waals surface area contributed by atoms with Crippen LogP contribution in [-0.2, 0) is 4.74 Å². The molecule has 3 aliphatic heterocycles. The maximum atomic E-state index is 5.61. The van der Waals surface area contributed by atoms with Crippen molar-refractivity contribution in [2.45, 2.75) is 33.2 Å². The molecule has 3 aliphatic rings. The van der Waals surface area contributed by atoms with Crippen molar-refractivity contribution < 1.29 is 4.74 Å². The van der Waals surface area contributed by atoms with Crippen LogP contribution in [0.2, 0.25) is 0 Å². The number of nitrogens with zero attached hydrogens (tertiary/aromatic N) is 3. The second-order valence-corrected chi connectivity index (χ2v) is 6.96. The first-order valence-electron chi connectivity index (χ1n) is 9.25. The molecule has 2 bridgehead atoms. The molecule has 142 valence electrons. The van der Waals surface area contributed by atoms with Gasteiger partial charge in [-0.25, -0.2) is 0 Å². The van der Waals surface area contributed by atoms with E-state index in [2.05, 4.69) is 41.2 Å². The largest absolute Gasteiger partial charge is 0.381 e. The molecule has 3 rings (SSSR count). The zero-order valence-corrected chi connectivity index (χ0v) is 17.9. The minimum atomic E-state index is 0. The molecular weight excluding hydrogens is 417 g/mol. The number of ether oxygens (including phenoxy) is 1. The lowest BCUT2D eigenvalue weighted by Gasteiger charge is -2.47. The second-order valence-electron chi connectivity index (χ2n) is 6.96. The summed E-state index contributed by atoms with van der Waals surface area (Å²) in [5.74, 6) is 1.55. The quantitative estimate of drug-likeness (QED) is 0.238. The number of aliphatic imine (C=N–C) groups is 1. The summed E-state index contributed by atoms with van der Waals surface area (Å²) < 4.78 is 5.61. The lowest BCUT2D eigenvalue weighted by atomic mass is 10.1. The summed E-state index contributed by atoms with van der Waals surface area (Å²) in [5.41, 5.74) is 0. The molecule has 0 aliphatic carbocycles. The SMILES string of the molecule is CCNC(=NCC1CN2CCN1CC2)NCCCOCC(C)C.I. The van der Waals surface area contributed by atoms with Crippen LogP contribution in [0.1, 0.15) is 27.2 Å². The van der Waals surface area contributed by atoms with Crippen molar-refractivity contribution in [1.82, 2.24) is 20.4 Å². The number of piperazine rings is 3. The van der Waals surface area contributed by atoms with Crippen molar-refractivity contribution in [3.8, 4) is 0 Å². The molecule has 0 saturated carbocycles. The third-order valence-corrected chi connectivity index (χ3v) is 4.41. The van der Waals surface area contributed by atoms with Gasteiger partial charge in [-0.2, -0.15) is 0 Å². The van der Waals surface area contributed by atoms with Crippen LogP contribution in [-0.4, -0.2) is 87.4 Å². The van der Waals surface area contributed by atoms with Gasteiger partial charge in [0.25, 0.3) is 0 Å². The maximum Gasteiger partial charge on any atom is 0.191 e. The first-order chi connectivity index (χ1) is 11.2. The Hall–Kier alpha value is -0.120. The van der Waals surface area contributed by atoms with Gasteiger partial charge in [-0.3, -0.25) is 14.8 Å². The number of halogens is 1. The maximum absolute atomic E-state index is 5.61. The normalized spacial score (nSPS) is 26.3. The Balaban J connectivity index is 0.00000288. The lowest BCUT2D eigenvalue weighted by Crippen LogP contribution is -2.62. The molecule has 24 heavy (non-hydrogen) atoms. The van der Waals surface area contributed by atoms with Gasteiger partial charge >= 0.3 is 0 Å². The number of rotatable bonds is 9. The van der Waals surface area contributed by atoms with Gasteiger partial charge in [-0.1, -0.05) is 13.8 Å². The fourth-order valence-electron chi connectivity index (χ4n) is 3.14. The van der Waals surface area contributed by atoms with Crippen molar-refractivity contribution in [1.29, 1.82) is 0 Å². The molecule has 3 heterocycles. The third kappa shape index (κ3) is 7.84. The lowest BCUT2D eigenvalue weighted by molar-refractivity contribution is 0.0174. The molecule has 0 spiro atoms. The Kier molecular flexibility index (Phi) is 11.2. The highest BCUT2D eigenvalue weighted by Crippen LogP contribution is 2.15. The van der Waals surface area contributed by atoms with Crippen LogP contribution < -0.4 is 10.6 Å². The Morgan fingerprint density at radius 3 is 2.54 bits per heavy atom. The highest BCUT2D eigenvalue weighted by atomic mass is 127. The minimum absolute atomic E-state index is 0. The molecule has 0 aromatic carbocycles. The van der Waals surface area contributed by atoms with E-state index in [1.165, 1.54) is 32.7 Å². The van der Waals surface area contributed by atoms with Gasteiger partial charge in [0.2, 0.25) is 0 Å². The van der Waals surface area contributed by atoms with Crippen LogP contribution in [0.3, 0.4) is 0 Å². The Bertz CT molecular complexity index is 359. The summed E-state index contributed by atoms with van der Waals surface area (Å²) in [7, 11) is 0. The molecule has 7 heteroatoms. The molecule has 3 saturated heterocycles. The Morgan fingerprint density at radius 1 is 1.21 bits per heavy atom. The van der Waals surface area contributed by atoms with Crippen LogP contribution in [0.5, 0.6) is 0 Å². The van der Waals surface area contributed by atoms with Gasteiger partial charge in [0.15, 0.2) is 5.96 Å². The van der Waals surface area contributed by atoms with E-state index in [9.17, 15) is 0 Å². The molecule has 1 atom stereocenters. The zero-order valence-electron chi connectivity index (χ0n) is 15.6. The van der Waals surface area contributed by atoms with Crippen molar-refractivity contribution in [3.63, 3.8) is 0 Å². The molecule has 0 radical (unpaired) electrons. The average Bonchev–Trinajstić information content (AvgIpc) is 2.56. The van der Waals surface area contributed by atoms with Crippen LogP contribution in [0.25, 0.3) is 0 Å². The summed E-state index contributed by atoms with van der Waals surface area (Å²) >= 11 is 0. The van der Waals surface area contributed by atoms with E-state index in [0.717, 1.165) is 45.2 Å².